The fraction of sp³-hybridized carbons (Fsp3) is 0.316. The first-order valence-corrected chi connectivity index (χ1v) is 8.95. The summed E-state index contributed by atoms with van der Waals surface area (Å²) < 4.78 is 38.8. The van der Waals surface area contributed by atoms with Crippen molar-refractivity contribution in [3.8, 4) is 11.3 Å². The zero-order valence-corrected chi connectivity index (χ0v) is 14.8. The number of nitrogens with zero attached hydrogens (tertiary/aromatic N) is 3. The van der Waals surface area contributed by atoms with Crippen molar-refractivity contribution in [2.24, 2.45) is 0 Å². The maximum Gasteiger partial charge on any atom is 0.390 e. The van der Waals surface area contributed by atoms with Crippen LogP contribution in [0.3, 0.4) is 0 Å². The maximum absolute atomic E-state index is 12.4. The van der Waals surface area contributed by atoms with Gasteiger partial charge in [-0.05, 0) is 25.0 Å². The highest BCUT2D eigenvalue weighted by Crippen LogP contribution is 2.25. The number of anilines is 1. The Labute approximate surface area is 158 Å². The van der Waals surface area contributed by atoms with Gasteiger partial charge in [-0.2, -0.15) is 13.2 Å². The number of aromatic nitrogens is 3. The molecule has 1 aliphatic carbocycles. The third-order valence-corrected chi connectivity index (χ3v) is 4.48. The number of benzene rings is 1. The molecule has 0 aliphatic heterocycles. The predicted octanol–water partition coefficient (Wildman–Crippen LogP) is 3.65. The number of amides is 1. The Morgan fingerprint density at radius 2 is 1.93 bits per heavy atom. The molecule has 0 spiro atoms. The molecule has 28 heavy (non-hydrogen) atoms. The molecule has 0 unspecified atom stereocenters. The van der Waals surface area contributed by atoms with Gasteiger partial charge < -0.3 is 10.6 Å². The fourth-order valence-electron chi connectivity index (χ4n) is 2.87. The molecule has 9 heteroatoms. The average Bonchev–Trinajstić information content (AvgIpc) is 3.36. The second-order valence-corrected chi connectivity index (χ2v) is 6.73. The van der Waals surface area contributed by atoms with Crippen LogP contribution in [0.4, 0.5) is 19.0 Å². The Morgan fingerprint density at radius 1 is 1.18 bits per heavy atom. The topological polar surface area (TPSA) is 71.3 Å². The minimum atomic E-state index is -4.23. The predicted molar refractivity (Wildman–Crippen MR) is 98.1 cm³/mol. The number of halogens is 3. The van der Waals surface area contributed by atoms with E-state index in [1.54, 1.807) is 28.9 Å². The van der Waals surface area contributed by atoms with Gasteiger partial charge in [0.15, 0.2) is 11.5 Å². The molecule has 0 radical (unpaired) electrons. The van der Waals surface area contributed by atoms with Crippen LogP contribution in [0.5, 0.6) is 0 Å². The van der Waals surface area contributed by atoms with E-state index in [9.17, 15) is 18.0 Å². The van der Waals surface area contributed by atoms with Gasteiger partial charge in [-0.3, -0.25) is 9.20 Å². The summed E-state index contributed by atoms with van der Waals surface area (Å²) in [4.78, 5) is 20.5. The van der Waals surface area contributed by atoms with E-state index in [0.29, 0.717) is 23.1 Å². The largest absolute Gasteiger partial charge is 0.390 e. The smallest absolute Gasteiger partial charge is 0.367 e. The Morgan fingerprint density at radius 3 is 2.61 bits per heavy atom. The van der Waals surface area contributed by atoms with Crippen molar-refractivity contribution in [3.05, 3.63) is 48.4 Å². The minimum absolute atomic E-state index is 0.0902. The van der Waals surface area contributed by atoms with Crippen LogP contribution in [-0.4, -0.2) is 39.0 Å². The zero-order valence-electron chi connectivity index (χ0n) is 14.8. The van der Waals surface area contributed by atoms with Gasteiger partial charge in [0.25, 0.3) is 5.91 Å². The van der Waals surface area contributed by atoms with E-state index < -0.39 is 12.6 Å². The molecule has 1 saturated carbocycles. The molecule has 2 heterocycles. The number of fused-ring (bicyclic) bond motifs is 1. The van der Waals surface area contributed by atoms with Gasteiger partial charge >= 0.3 is 6.18 Å². The summed E-state index contributed by atoms with van der Waals surface area (Å²) in [6.07, 6.45) is 1.70. The number of hydrogen-bond acceptors (Lipinski definition) is 4. The Bertz CT molecular complexity index is 993. The lowest BCUT2D eigenvalue weighted by Crippen LogP contribution is -2.25. The van der Waals surface area contributed by atoms with Crippen molar-refractivity contribution in [3.63, 3.8) is 0 Å². The SMILES string of the molecule is O=C(NC1CC1)c1ccc(-c2cnc3c(NCCC(F)(F)F)nccn23)cc1. The number of alkyl halides is 3. The van der Waals surface area contributed by atoms with Crippen LogP contribution in [0.15, 0.2) is 42.9 Å². The first-order valence-electron chi connectivity index (χ1n) is 8.95. The van der Waals surface area contributed by atoms with E-state index in [4.69, 9.17) is 0 Å². The van der Waals surface area contributed by atoms with Gasteiger partial charge in [-0.15, -0.1) is 0 Å². The summed E-state index contributed by atoms with van der Waals surface area (Å²) in [5.41, 5.74) is 2.62. The first kappa shape index (κ1) is 18.3. The molecule has 1 amide bonds. The Hall–Kier alpha value is -3.10. The van der Waals surface area contributed by atoms with E-state index in [2.05, 4.69) is 20.6 Å². The molecule has 2 aromatic heterocycles. The van der Waals surface area contributed by atoms with Crippen molar-refractivity contribution >= 4 is 17.4 Å². The van der Waals surface area contributed by atoms with Gasteiger partial charge in [0.05, 0.1) is 18.3 Å². The van der Waals surface area contributed by atoms with E-state index in [1.165, 1.54) is 6.20 Å². The number of hydrogen-bond donors (Lipinski definition) is 2. The molecule has 1 fully saturated rings. The third kappa shape index (κ3) is 4.08. The summed E-state index contributed by atoms with van der Waals surface area (Å²) in [5.74, 6) is 0.200. The molecule has 0 saturated heterocycles. The normalized spacial score (nSPS) is 14.2. The van der Waals surface area contributed by atoms with E-state index in [0.717, 1.165) is 24.1 Å². The number of carbonyl (C=O) groups is 1. The quantitative estimate of drug-likeness (QED) is 0.675. The molecule has 146 valence electrons. The fourth-order valence-corrected chi connectivity index (χ4v) is 2.87. The highest BCUT2D eigenvalue weighted by Gasteiger charge is 2.26. The van der Waals surface area contributed by atoms with Crippen molar-refractivity contribution in [2.75, 3.05) is 11.9 Å². The van der Waals surface area contributed by atoms with E-state index in [-0.39, 0.29) is 12.5 Å². The van der Waals surface area contributed by atoms with Crippen LogP contribution in [0, 0.1) is 0 Å². The number of carbonyl (C=O) groups excluding carboxylic acids is 1. The highest BCUT2D eigenvalue weighted by atomic mass is 19.4. The Kier molecular flexibility index (Phi) is 4.66. The van der Waals surface area contributed by atoms with Gasteiger partial charge in [0, 0.05) is 36.1 Å². The van der Waals surface area contributed by atoms with Crippen LogP contribution in [0.25, 0.3) is 16.9 Å². The van der Waals surface area contributed by atoms with Crippen LogP contribution >= 0.6 is 0 Å². The zero-order chi connectivity index (χ0) is 19.7. The Balaban J connectivity index is 1.54. The average molecular weight is 389 g/mol. The van der Waals surface area contributed by atoms with Crippen LogP contribution in [0.2, 0.25) is 0 Å². The summed E-state index contributed by atoms with van der Waals surface area (Å²) in [5, 5.41) is 5.63. The van der Waals surface area contributed by atoms with Crippen molar-refractivity contribution < 1.29 is 18.0 Å². The molecule has 1 aliphatic rings. The number of imidazole rings is 1. The second-order valence-electron chi connectivity index (χ2n) is 6.73. The van der Waals surface area contributed by atoms with Crippen molar-refractivity contribution in [2.45, 2.75) is 31.5 Å². The molecular formula is C19H18F3N5O. The van der Waals surface area contributed by atoms with E-state index >= 15 is 0 Å². The standard InChI is InChI=1S/C19H18F3N5O/c20-19(21,22)7-8-23-16-17-25-11-15(27(17)10-9-24-16)12-1-3-13(4-2-12)18(28)26-14-5-6-14/h1-4,9-11,14H,5-8H2,(H,23,24)(H,26,28). The molecule has 3 aromatic rings. The number of rotatable bonds is 6. The lowest BCUT2D eigenvalue weighted by Gasteiger charge is -2.09. The monoisotopic (exact) mass is 389 g/mol. The third-order valence-electron chi connectivity index (χ3n) is 4.48. The van der Waals surface area contributed by atoms with Crippen molar-refractivity contribution in [1.29, 1.82) is 0 Å². The van der Waals surface area contributed by atoms with Gasteiger partial charge in [-0.1, -0.05) is 12.1 Å². The van der Waals surface area contributed by atoms with Crippen LogP contribution in [-0.2, 0) is 0 Å². The van der Waals surface area contributed by atoms with Crippen LogP contribution < -0.4 is 10.6 Å². The van der Waals surface area contributed by atoms with Gasteiger partial charge in [0.1, 0.15) is 0 Å². The molecule has 1 aromatic carbocycles. The second kappa shape index (κ2) is 7.14. The molecule has 4 rings (SSSR count). The first-order chi connectivity index (χ1) is 13.4. The molecular weight excluding hydrogens is 371 g/mol. The maximum atomic E-state index is 12.4. The molecule has 2 N–H and O–H groups in total. The molecule has 0 atom stereocenters. The van der Waals surface area contributed by atoms with E-state index in [1.807, 2.05) is 12.1 Å². The summed E-state index contributed by atoms with van der Waals surface area (Å²) in [6, 6.07) is 7.43. The highest BCUT2D eigenvalue weighted by molar-refractivity contribution is 5.95. The lowest BCUT2D eigenvalue weighted by atomic mass is 10.1. The molecule has 6 nitrogen and oxygen atoms in total. The van der Waals surface area contributed by atoms with Crippen molar-refractivity contribution in [1.82, 2.24) is 19.7 Å². The summed E-state index contributed by atoms with van der Waals surface area (Å²) in [7, 11) is 0. The van der Waals surface area contributed by atoms with Crippen LogP contribution in [0.1, 0.15) is 29.6 Å². The van der Waals surface area contributed by atoms with Gasteiger partial charge in [-0.25, -0.2) is 9.97 Å². The summed E-state index contributed by atoms with van der Waals surface area (Å²) in [6.45, 7) is -0.275. The molecule has 0 bridgehead atoms. The van der Waals surface area contributed by atoms with Gasteiger partial charge in [0.2, 0.25) is 0 Å². The lowest BCUT2D eigenvalue weighted by molar-refractivity contribution is -0.131. The minimum Gasteiger partial charge on any atom is -0.367 e. The summed E-state index contributed by atoms with van der Waals surface area (Å²) >= 11 is 0. The number of nitrogens with one attached hydrogen (secondary N) is 2.